The maximum absolute atomic E-state index is 9.65. The third-order valence-corrected chi connectivity index (χ3v) is 1.89. The summed E-state index contributed by atoms with van der Waals surface area (Å²) >= 11 is 0. The van der Waals surface area contributed by atoms with E-state index in [1.165, 1.54) is 0 Å². The third kappa shape index (κ3) is 3.01. The molecule has 0 aliphatic rings. The summed E-state index contributed by atoms with van der Waals surface area (Å²) in [6, 6.07) is 9.36. The Kier molecular flexibility index (Phi) is 3.68. The quantitative estimate of drug-likeness (QED) is 0.688. The average Bonchev–Trinajstić information content (AvgIpc) is 2.19. The number of hydrogen-bond acceptors (Lipinski definition) is 2. The van der Waals surface area contributed by atoms with E-state index in [9.17, 15) is 5.11 Å². The Morgan fingerprint density at radius 3 is 2.46 bits per heavy atom. The highest BCUT2D eigenvalue weighted by molar-refractivity contribution is 5.18. The number of hydrogen-bond donors (Lipinski definition) is 2. The summed E-state index contributed by atoms with van der Waals surface area (Å²) in [6.45, 7) is 3.56. The van der Waals surface area contributed by atoms with Crippen LogP contribution in [0.5, 0.6) is 0 Å². The van der Waals surface area contributed by atoms with Crippen LogP contribution < -0.4 is 0 Å². The Balaban J connectivity index is 2.59. The predicted molar refractivity (Wildman–Crippen MR) is 52.2 cm³/mol. The minimum atomic E-state index is -0.555. The molecule has 2 N–H and O–H groups in total. The molecule has 0 saturated heterocycles. The molecule has 2 heteroatoms. The highest BCUT2D eigenvalue weighted by Crippen LogP contribution is 2.19. The zero-order chi connectivity index (χ0) is 9.68. The van der Waals surface area contributed by atoms with Crippen molar-refractivity contribution in [1.29, 1.82) is 0 Å². The minimum absolute atomic E-state index is 0.0656. The summed E-state index contributed by atoms with van der Waals surface area (Å²) in [5.74, 6) is 0. The fraction of sp³-hybridized carbons (Fsp3) is 0.273. The molecule has 0 bridgehead atoms. The van der Waals surface area contributed by atoms with Gasteiger partial charge in [-0.2, -0.15) is 0 Å². The standard InChI is InChI=1S/C11H14O2/c1-9(8-12)7-11(13)10-5-3-2-4-6-10/h2-6,11-13H,1,7-8H2/t11-/m1/s1. The van der Waals surface area contributed by atoms with E-state index in [2.05, 4.69) is 6.58 Å². The van der Waals surface area contributed by atoms with Crippen LogP contribution in [0.25, 0.3) is 0 Å². The first-order valence-electron chi connectivity index (χ1n) is 4.24. The van der Waals surface area contributed by atoms with E-state index in [0.717, 1.165) is 5.56 Å². The summed E-state index contributed by atoms with van der Waals surface area (Å²) in [5, 5.41) is 18.4. The van der Waals surface area contributed by atoms with Crippen LogP contribution in [0.4, 0.5) is 0 Å². The number of rotatable bonds is 4. The second-order valence-electron chi connectivity index (χ2n) is 3.04. The first kappa shape index (κ1) is 9.96. The minimum Gasteiger partial charge on any atom is -0.392 e. The van der Waals surface area contributed by atoms with E-state index in [4.69, 9.17) is 5.11 Å². The van der Waals surface area contributed by atoms with Gasteiger partial charge in [-0.25, -0.2) is 0 Å². The predicted octanol–water partition coefficient (Wildman–Crippen LogP) is 1.66. The van der Waals surface area contributed by atoms with Crippen LogP contribution in [-0.4, -0.2) is 16.8 Å². The Morgan fingerprint density at radius 2 is 1.92 bits per heavy atom. The van der Waals surface area contributed by atoms with Crippen molar-refractivity contribution in [3.8, 4) is 0 Å². The molecule has 0 unspecified atom stereocenters. The van der Waals surface area contributed by atoms with Crippen LogP contribution in [0, 0.1) is 0 Å². The maximum atomic E-state index is 9.65. The molecule has 0 spiro atoms. The summed E-state index contributed by atoms with van der Waals surface area (Å²) in [5.41, 5.74) is 1.51. The molecule has 70 valence electrons. The van der Waals surface area contributed by atoms with Crippen LogP contribution >= 0.6 is 0 Å². The van der Waals surface area contributed by atoms with Crippen molar-refractivity contribution >= 4 is 0 Å². The lowest BCUT2D eigenvalue weighted by molar-refractivity contribution is 0.172. The van der Waals surface area contributed by atoms with E-state index in [0.29, 0.717) is 12.0 Å². The second-order valence-corrected chi connectivity index (χ2v) is 3.04. The van der Waals surface area contributed by atoms with Crippen molar-refractivity contribution in [1.82, 2.24) is 0 Å². The molecule has 0 saturated carbocycles. The van der Waals surface area contributed by atoms with E-state index < -0.39 is 6.10 Å². The highest BCUT2D eigenvalue weighted by atomic mass is 16.3. The lowest BCUT2D eigenvalue weighted by Gasteiger charge is -2.10. The summed E-state index contributed by atoms with van der Waals surface area (Å²) < 4.78 is 0. The fourth-order valence-electron chi connectivity index (χ4n) is 1.13. The fourth-order valence-corrected chi connectivity index (χ4v) is 1.13. The molecule has 0 fully saturated rings. The van der Waals surface area contributed by atoms with E-state index in [1.807, 2.05) is 30.3 Å². The van der Waals surface area contributed by atoms with Gasteiger partial charge >= 0.3 is 0 Å². The van der Waals surface area contributed by atoms with E-state index in [-0.39, 0.29) is 6.61 Å². The van der Waals surface area contributed by atoms with Crippen molar-refractivity contribution in [3.63, 3.8) is 0 Å². The molecule has 13 heavy (non-hydrogen) atoms. The average molecular weight is 178 g/mol. The summed E-state index contributed by atoms with van der Waals surface area (Å²) in [7, 11) is 0. The molecule has 0 aliphatic carbocycles. The Morgan fingerprint density at radius 1 is 1.31 bits per heavy atom. The summed E-state index contributed by atoms with van der Waals surface area (Å²) in [4.78, 5) is 0. The highest BCUT2D eigenvalue weighted by Gasteiger charge is 2.07. The normalized spacial score (nSPS) is 12.5. The van der Waals surface area contributed by atoms with Gasteiger partial charge in [0.15, 0.2) is 0 Å². The van der Waals surface area contributed by atoms with Gasteiger partial charge in [0.25, 0.3) is 0 Å². The van der Waals surface area contributed by atoms with Gasteiger partial charge in [0, 0.05) is 6.42 Å². The van der Waals surface area contributed by atoms with Crippen LogP contribution in [0.2, 0.25) is 0 Å². The monoisotopic (exact) mass is 178 g/mol. The largest absolute Gasteiger partial charge is 0.392 e. The molecular formula is C11H14O2. The Labute approximate surface area is 78.2 Å². The molecule has 0 aliphatic heterocycles. The first-order valence-corrected chi connectivity index (χ1v) is 4.24. The molecule has 0 aromatic heterocycles. The molecule has 1 atom stereocenters. The third-order valence-electron chi connectivity index (χ3n) is 1.89. The Bertz CT molecular complexity index is 267. The first-order chi connectivity index (χ1) is 6.24. The molecule has 2 nitrogen and oxygen atoms in total. The number of benzene rings is 1. The van der Waals surface area contributed by atoms with Crippen LogP contribution in [0.15, 0.2) is 42.5 Å². The second kappa shape index (κ2) is 4.80. The van der Waals surface area contributed by atoms with Crippen LogP contribution in [-0.2, 0) is 0 Å². The van der Waals surface area contributed by atoms with Gasteiger partial charge in [0.2, 0.25) is 0 Å². The summed E-state index contributed by atoms with van der Waals surface area (Å²) in [6.07, 6.45) is -0.138. The topological polar surface area (TPSA) is 40.5 Å². The van der Waals surface area contributed by atoms with Gasteiger partial charge in [0.05, 0.1) is 12.7 Å². The van der Waals surface area contributed by atoms with Gasteiger partial charge in [-0.3, -0.25) is 0 Å². The number of aliphatic hydroxyl groups is 2. The molecule has 0 heterocycles. The molecule has 0 radical (unpaired) electrons. The zero-order valence-corrected chi connectivity index (χ0v) is 7.48. The number of aliphatic hydroxyl groups excluding tert-OH is 2. The lowest BCUT2D eigenvalue weighted by Crippen LogP contribution is -2.00. The van der Waals surface area contributed by atoms with Gasteiger partial charge in [-0.1, -0.05) is 36.9 Å². The van der Waals surface area contributed by atoms with Gasteiger partial charge in [0.1, 0.15) is 0 Å². The molecule has 1 aromatic rings. The lowest BCUT2D eigenvalue weighted by atomic mass is 10.0. The zero-order valence-electron chi connectivity index (χ0n) is 7.48. The SMILES string of the molecule is C=C(CO)C[C@@H](O)c1ccccc1. The van der Waals surface area contributed by atoms with E-state index >= 15 is 0 Å². The van der Waals surface area contributed by atoms with Crippen molar-refractivity contribution in [3.05, 3.63) is 48.0 Å². The molecule has 1 rings (SSSR count). The molecule has 0 amide bonds. The van der Waals surface area contributed by atoms with Gasteiger partial charge in [-0.05, 0) is 11.1 Å². The molecular weight excluding hydrogens is 164 g/mol. The van der Waals surface area contributed by atoms with Crippen molar-refractivity contribution in [2.75, 3.05) is 6.61 Å². The maximum Gasteiger partial charge on any atom is 0.0827 e. The van der Waals surface area contributed by atoms with Crippen molar-refractivity contribution in [2.24, 2.45) is 0 Å². The smallest absolute Gasteiger partial charge is 0.0827 e. The van der Waals surface area contributed by atoms with Crippen LogP contribution in [0.1, 0.15) is 18.1 Å². The van der Waals surface area contributed by atoms with Gasteiger partial charge in [-0.15, -0.1) is 0 Å². The van der Waals surface area contributed by atoms with Crippen molar-refractivity contribution < 1.29 is 10.2 Å². The van der Waals surface area contributed by atoms with E-state index in [1.54, 1.807) is 0 Å². The van der Waals surface area contributed by atoms with Crippen molar-refractivity contribution in [2.45, 2.75) is 12.5 Å². The molecule has 1 aromatic carbocycles. The van der Waals surface area contributed by atoms with Gasteiger partial charge < -0.3 is 10.2 Å². The Hall–Kier alpha value is -1.12. The van der Waals surface area contributed by atoms with Crippen LogP contribution in [0.3, 0.4) is 0 Å².